The molecule has 0 heterocycles. The molecule has 0 aliphatic heterocycles. The minimum atomic E-state index is -0.0265. The minimum absolute atomic E-state index is 0.0265. The molecular weight excluding hydrogens is 134 g/mol. The van der Waals surface area contributed by atoms with Gasteiger partial charge < -0.3 is 5.73 Å². The Balaban J connectivity index is 2.61. The summed E-state index contributed by atoms with van der Waals surface area (Å²) in [7, 11) is 0. The summed E-state index contributed by atoms with van der Waals surface area (Å²) in [6.45, 7) is 4.27. The van der Waals surface area contributed by atoms with Crippen LogP contribution in [0.5, 0.6) is 0 Å². The molecule has 1 nitrogen and oxygen atoms in total. The van der Waals surface area contributed by atoms with Gasteiger partial charge in [0.25, 0.3) is 0 Å². The van der Waals surface area contributed by atoms with Crippen LogP contribution in [0, 0.1) is 5.92 Å². The molecule has 2 N–H and O–H groups in total. The van der Waals surface area contributed by atoms with Gasteiger partial charge in [0, 0.05) is 5.54 Å². The summed E-state index contributed by atoms with van der Waals surface area (Å²) in [6.07, 6.45) is 10.7. The van der Waals surface area contributed by atoms with Crippen LogP contribution in [0.3, 0.4) is 0 Å². The van der Waals surface area contributed by atoms with Crippen molar-refractivity contribution in [3.8, 4) is 0 Å². The zero-order chi connectivity index (χ0) is 8.32. The van der Waals surface area contributed by atoms with E-state index in [2.05, 4.69) is 38.2 Å². The topological polar surface area (TPSA) is 26.0 Å². The van der Waals surface area contributed by atoms with Gasteiger partial charge >= 0.3 is 0 Å². The van der Waals surface area contributed by atoms with E-state index in [0.29, 0.717) is 5.92 Å². The number of nitrogens with two attached hydrogens (primary N) is 1. The van der Waals surface area contributed by atoms with Gasteiger partial charge in [0.2, 0.25) is 0 Å². The van der Waals surface area contributed by atoms with Crippen LogP contribution in [0.1, 0.15) is 26.7 Å². The Hall–Kier alpha value is -0.560. The molecule has 11 heavy (non-hydrogen) atoms. The molecule has 0 aromatic heterocycles. The number of hydrogen-bond acceptors (Lipinski definition) is 1. The maximum absolute atomic E-state index is 6.11. The lowest BCUT2D eigenvalue weighted by Crippen LogP contribution is -2.42. The molecule has 0 aromatic rings. The van der Waals surface area contributed by atoms with Crippen molar-refractivity contribution in [2.24, 2.45) is 11.7 Å². The van der Waals surface area contributed by atoms with E-state index in [1.54, 1.807) is 0 Å². The summed E-state index contributed by atoms with van der Waals surface area (Å²) < 4.78 is 0. The molecular formula is C10H17N. The van der Waals surface area contributed by atoms with Gasteiger partial charge in [-0.05, 0) is 25.7 Å². The van der Waals surface area contributed by atoms with E-state index in [9.17, 15) is 0 Å². The Labute approximate surface area is 69.0 Å². The first-order chi connectivity index (χ1) is 5.17. The molecule has 1 heteroatoms. The standard InChI is InChI=1S/C10H17N/c1-3-10(2,11)9-7-5-4-6-8-9/h4-7,9H,3,8,11H2,1-2H3. The molecule has 0 amide bonds. The predicted octanol–water partition coefficient (Wildman–Crippen LogP) is 2.25. The third kappa shape index (κ3) is 1.93. The first-order valence-corrected chi connectivity index (χ1v) is 4.29. The molecule has 0 spiro atoms. The zero-order valence-electron chi connectivity index (χ0n) is 7.38. The minimum Gasteiger partial charge on any atom is -0.325 e. The Morgan fingerprint density at radius 2 is 2.27 bits per heavy atom. The SMILES string of the molecule is CCC(C)(N)C1C=CC=CC1. The van der Waals surface area contributed by atoms with Crippen LogP contribution in [0.25, 0.3) is 0 Å². The normalized spacial score (nSPS) is 28.5. The van der Waals surface area contributed by atoms with Gasteiger partial charge in [-0.15, -0.1) is 0 Å². The second-order valence-corrected chi connectivity index (χ2v) is 3.51. The summed E-state index contributed by atoms with van der Waals surface area (Å²) in [5.74, 6) is 0.525. The summed E-state index contributed by atoms with van der Waals surface area (Å²) in [4.78, 5) is 0. The first-order valence-electron chi connectivity index (χ1n) is 4.29. The largest absolute Gasteiger partial charge is 0.325 e. The van der Waals surface area contributed by atoms with Crippen LogP contribution in [0.2, 0.25) is 0 Å². The lowest BCUT2D eigenvalue weighted by atomic mass is 9.80. The predicted molar refractivity (Wildman–Crippen MR) is 49.3 cm³/mol. The van der Waals surface area contributed by atoms with Crippen molar-refractivity contribution in [2.75, 3.05) is 0 Å². The maximum atomic E-state index is 6.11. The highest BCUT2D eigenvalue weighted by Crippen LogP contribution is 2.25. The molecule has 1 rings (SSSR count). The fourth-order valence-electron chi connectivity index (χ4n) is 1.33. The number of rotatable bonds is 2. The van der Waals surface area contributed by atoms with E-state index in [4.69, 9.17) is 5.73 Å². The second kappa shape index (κ2) is 3.22. The molecule has 0 fully saturated rings. The van der Waals surface area contributed by atoms with Crippen molar-refractivity contribution < 1.29 is 0 Å². The first kappa shape index (κ1) is 8.54. The van der Waals surface area contributed by atoms with Gasteiger partial charge in [0.15, 0.2) is 0 Å². The van der Waals surface area contributed by atoms with E-state index in [-0.39, 0.29) is 5.54 Å². The quantitative estimate of drug-likeness (QED) is 0.643. The van der Waals surface area contributed by atoms with Crippen LogP contribution in [-0.4, -0.2) is 5.54 Å². The van der Waals surface area contributed by atoms with Crippen molar-refractivity contribution in [2.45, 2.75) is 32.2 Å². The molecule has 1 aliphatic carbocycles. The Bertz CT molecular complexity index is 177. The van der Waals surface area contributed by atoms with Gasteiger partial charge in [-0.3, -0.25) is 0 Å². The summed E-state index contributed by atoms with van der Waals surface area (Å²) >= 11 is 0. The highest BCUT2D eigenvalue weighted by molar-refractivity contribution is 5.14. The average molecular weight is 151 g/mol. The molecule has 0 radical (unpaired) electrons. The van der Waals surface area contributed by atoms with Crippen LogP contribution in [0.15, 0.2) is 24.3 Å². The van der Waals surface area contributed by atoms with Gasteiger partial charge in [-0.2, -0.15) is 0 Å². The van der Waals surface area contributed by atoms with Crippen molar-refractivity contribution in [3.63, 3.8) is 0 Å². The van der Waals surface area contributed by atoms with Crippen molar-refractivity contribution >= 4 is 0 Å². The van der Waals surface area contributed by atoms with Crippen molar-refractivity contribution in [1.82, 2.24) is 0 Å². The highest BCUT2D eigenvalue weighted by atomic mass is 14.7. The Morgan fingerprint density at radius 1 is 1.55 bits per heavy atom. The highest BCUT2D eigenvalue weighted by Gasteiger charge is 2.25. The molecule has 2 unspecified atom stereocenters. The smallest absolute Gasteiger partial charge is 0.0189 e. The Morgan fingerprint density at radius 3 is 2.73 bits per heavy atom. The van der Waals surface area contributed by atoms with E-state index >= 15 is 0 Å². The van der Waals surface area contributed by atoms with Crippen molar-refractivity contribution in [3.05, 3.63) is 24.3 Å². The monoisotopic (exact) mass is 151 g/mol. The summed E-state index contributed by atoms with van der Waals surface area (Å²) in [5, 5.41) is 0. The van der Waals surface area contributed by atoms with E-state index in [1.165, 1.54) is 0 Å². The summed E-state index contributed by atoms with van der Waals surface area (Å²) in [5.41, 5.74) is 6.08. The van der Waals surface area contributed by atoms with Gasteiger partial charge in [0.05, 0.1) is 0 Å². The summed E-state index contributed by atoms with van der Waals surface area (Å²) in [6, 6.07) is 0. The zero-order valence-corrected chi connectivity index (χ0v) is 7.38. The van der Waals surface area contributed by atoms with Crippen molar-refractivity contribution in [1.29, 1.82) is 0 Å². The number of allylic oxidation sites excluding steroid dienone is 3. The second-order valence-electron chi connectivity index (χ2n) is 3.51. The molecule has 0 saturated heterocycles. The van der Waals surface area contributed by atoms with Crippen LogP contribution < -0.4 is 5.73 Å². The van der Waals surface area contributed by atoms with Crippen LogP contribution in [0.4, 0.5) is 0 Å². The van der Waals surface area contributed by atoms with E-state index in [0.717, 1.165) is 12.8 Å². The molecule has 1 aliphatic rings. The van der Waals surface area contributed by atoms with E-state index in [1.807, 2.05) is 0 Å². The lowest BCUT2D eigenvalue weighted by Gasteiger charge is -2.31. The molecule has 0 aromatic carbocycles. The fourth-order valence-corrected chi connectivity index (χ4v) is 1.33. The van der Waals surface area contributed by atoms with Crippen LogP contribution >= 0.6 is 0 Å². The third-order valence-corrected chi connectivity index (χ3v) is 2.59. The molecule has 0 bridgehead atoms. The fraction of sp³-hybridized carbons (Fsp3) is 0.600. The lowest BCUT2D eigenvalue weighted by molar-refractivity contribution is 0.338. The molecule has 0 saturated carbocycles. The Kier molecular flexibility index (Phi) is 2.50. The molecule has 2 atom stereocenters. The van der Waals surface area contributed by atoms with Gasteiger partial charge in [-0.1, -0.05) is 31.2 Å². The third-order valence-electron chi connectivity index (χ3n) is 2.59. The maximum Gasteiger partial charge on any atom is 0.0189 e. The van der Waals surface area contributed by atoms with Gasteiger partial charge in [-0.25, -0.2) is 0 Å². The van der Waals surface area contributed by atoms with Gasteiger partial charge in [0.1, 0.15) is 0 Å². The van der Waals surface area contributed by atoms with Crippen LogP contribution in [-0.2, 0) is 0 Å². The average Bonchev–Trinajstić information content (AvgIpc) is 2.06. The molecule has 62 valence electrons. The number of hydrogen-bond donors (Lipinski definition) is 1. The van der Waals surface area contributed by atoms with E-state index < -0.39 is 0 Å².